The molecule has 100 valence electrons. The number of benzene rings is 1. The maximum Gasteiger partial charge on any atom is 0.250 e. The lowest BCUT2D eigenvalue weighted by Gasteiger charge is -2.42. The third-order valence-corrected chi connectivity index (χ3v) is 4.56. The number of rotatable bonds is 0. The Labute approximate surface area is 113 Å². The van der Waals surface area contributed by atoms with E-state index >= 15 is 0 Å². The average molecular weight is 258 g/mol. The number of anilines is 1. The molecule has 1 aromatic carbocycles. The molecule has 0 bridgehead atoms. The van der Waals surface area contributed by atoms with Crippen LogP contribution in [0.1, 0.15) is 26.3 Å². The third-order valence-electron chi connectivity index (χ3n) is 4.56. The normalized spacial score (nSPS) is 28.4. The summed E-state index contributed by atoms with van der Waals surface area (Å²) >= 11 is 0. The molecule has 3 rings (SSSR count). The van der Waals surface area contributed by atoms with Gasteiger partial charge in [-0.2, -0.15) is 0 Å². The van der Waals surface area contributed by atoms with Gasteiger partial charge in [0, 0.05) is 18.2 Å². The van der Waals surface area contributed by atoms with Crippen LogP contribution < -0.4 is 4.90 Å². The fourth-order valence-electron chi connectivity index (χ4n) is 3.25. The van der Waals surface area contributed by atoms with Crippen LogP contribution in [-0.2, 0) is 15.0 Å². The van der Waals surface area contributed by atoms with Gasteiger partial charge >= 0.3 is 0 Å². The SMILES string of the molecule is CC1C(=O)N2c3ccccc3C(C)(C)C2C(=O)N1C. The quantitative estimate of drug-likeness (QED) is 0.708. The zero-order chi connectivity index (χ0) is 13.9. The summed E-state index contributed by atoms with van der Waals surface area (Å²) in [4.78, 5) is 28.4. The van der Waals surface area contributed by atoms with Gasteiger partial charge in [-0.1, -0.05) is 32.0 Å². The molecule has 1 fully saturated rings. The molecule has 2 heterocycles. The summed E-state index contributed by atoms with van der Waals surface area (Å²) in [5.41, 5.74) is 1.61. The first kappa shape index (κ1) is 12.2. The maximum absolute atomic E-state index is 12.6. The van der Waals surface area contributed by atoms with Crippen LogP contribution >= 0.6 is 0 Å². The molecule has 4 nitrogen and oxygen atoms in total. The van der Waals surface area contributed by atoms with Gasteiger partial charge in [0.15, 0.2) is 0 Å². The molecular weight excluding hydrogens is 240 g/mol. The van der Waals surface area contributed by atoms with E-state index in [0.29, 0.717) is 0 Å². The zero-order valence-corrected chi connectivity index (χ0v) is 11.7. The largest absolute Gasteiger partial charge is 0.332 e. The number of amides is 2. The number of fused-ring (bicyclic) bond motifs is 3. The minimum Gasteiger partial charge on any atom is -0.332 e. The molecule has 0 aromatic heterocycles. The predicted molar refractivity (Wildman–Crippen MR) is 73.0 cm³/mol. The predicted octanol–water partition coefficient (Wildman–Crippen LogP) is 1.54. The van der Waals surface area contributed by atoms with Gasteiger partial charge in [-0.15, -0.1) is 0 Å². The van der Waals surface area contributed by atoms with Crippen molar-refractivity contribution in [3.8, 4) is 0 Å². The van der Waals surface area contributed by atoms with E-state index in [-0.39, 0.29) is 17.2 Å². The molecule has 1 aromatic rings. The molecule has 0 N–H and O–H groups in total. The van der Waals surface area contributed by atoms with Crippen LogP contribution in [0.2, 0.25) is 0 Å². The Kier molecular flexibility index (Phi) is 2.31. The van der Waals surface area contributed by atoms with Crippen LogP contribution in [-0.4, -0.2) is 35.8 Å². The van der Waals surface area contributed by atoms with Gasteiger partial charge in [0.1, 0.15) is 12.1 Å². The van der Waals surface area contributed by atoms with Crippen molar-refractivity contribution >= 4 is 17.5 Å². The highest BCUT2D eigenvalue weighted by molar-refractivity contribution is 6.11. The van der Waals surface area contributed by atoms with Crippen LogP contribution in [0.15, 0.2) is 24.3 Å². The standard InChI is InChI=1S/C15H18N2O2/c1-9-13(18)17-11-8-6-5-7-10(11)15(2,3)12(17)14(19)16(9)4/h5-9,12H,1-4H3. The highest BCUT2D eigenvalue weighted by Gasteiger charge is 2.55. The molecule has 0 spiro atoms. The number of para-hydroxylation sites is 1. The summed E-state index contributed by atoms with van der Waals surface area (Å²) in [6.07, 6.45) is 0. The van der Waals surface area contributed by atoms with Crippen LogP contribution in [0.25, 0.3) is 0 Å². The Balaban J connectivity index is 2.23. The lowest BCUT2D eigenvalue weighted by molar-refractivity contribution is -0.145. The Morgan fingerprint density at radius 1 is 1.11 bits per heavy atom. The van der Waals surface area contributed by atoms with E-state index in [1.54, 1.807) is 23.8 Å². The fourth-order valence-corrected chi connectivity index (χ4v) is 3.25. The van der Waals surface area contributed by atoms with Crippen LogP contribution in [0, 0.1) is 0 Å². The summed E-state index contributed by atoms with van der Waals surface area (Å²) in [6.45, 7) is 5.85. The summed E-state index contributed by atoms with van der Waals surface area (Å²) in [7, 11) is 1.71. The van der Waals surface area contributed by atoms with Crippen molar-refractivity contribution in [2.75, 3.05) is 11.9 Å². The number of likely N-dealkylation sites (N-methyl/N-ethyl adjacent to an activating group) is 1. The number of hydrogen-bond acceptors (Lipinski definition) is 2. The molecule has 0 aliphatic carbocycles. The van der Waals surface area contributed by atoms with E-state index in [0.717, 1.165) is 11.3 Å². The van der Waals surface area contributed by atoms with Gasteiger partial charge in [-0.25, -0.2) is 0 Å². The van der Waals surface area contributed by atoms with Crippen molar-refractivity contribution < 1.29 is 9.59 Å². The smallest absolute Gasteiger partial charge is 0.250 e. The van der Waals surface area contributed by atoms with Crippen LogP contribution in [0.5, 0.6) is 0 Å². The highest BCUT2D eigenvalue weighted by Crippen LogP contribution is 2.47. The van der Waals surface area contributed by atoms with Crippen molar-refractivity contribution in [3.63, 3.8) is 0 Å². The molecule has 2 aliphatic heterocycles. The maximum atomic E-state index is 12.6. The number of hydrogen-bond donors (Lipinski definition) is 0. The summed E-state index contributed by atoms with van der Waals surface area (Å²) in [5.74, 6) is 0.0263. The van der Waals surface area contributed by atoms with E-state index < -0.39 is 12.1 Å². The number of piperazine rings is 1. The van der Waals surface area contributed by atoms with Gasteiger partial charge in [-0.05, 0) is 18.6 Å². The Bertz CT molecular complexity index is 579. The molecule has 0 radical (unpaired) electrons. The third kappa shape index (κ3) is 1.34. The van der Waals surface area contributed by atoms with E-state index in [9.17, 15) is 9.59 Å². The van der Waals surface area contributed by atoms with Crippen molar-refractivity contribution in [1.82, 2.24) is 4.90 Å². The van der Waals surface area contributed by atoms with Crippen molar-refractivity contribution in [3.05, 3.63) is 29.8 Å². The van der Waals surface area contributed by atoms with Crippen LogP contribution in [0.3, 0.4) is 0 Å². The molecule has 2 aliphatic rings. The first-order valence-electron chi connectivity index (χ1n) is 6.56. The van der Waals surface area contributed by atoms with Crippen LogP contribution in [0.4, 0.5) is 5.69 Å². The highest BCUT2D eigenvalue weighted by atomic mass is 16.2. The van der Waals surface area contributed by atoms with Crippen molar-refractivity contribution in [1.29, 1.82) is 0 Å². The molecule has 2 amide bonds. The van der Waals surface area contributed by atoms with E-state index in [1.807, 2.05) is 38.1 Å². The minimum absolute atomic E-state index is 0.00475. The van der Waals surface area contributed by atoms with Crippen molar-refractivity contribution in [2.24, 2.45) is 0 Å². The van der Waals surface area contributed by atoms with Gasteiger partial charge < -0.3 is 4.90 Å². The molecule has 1 saturated heterocycles. The molecule has 19 heavy (non-hydrogen) atoms. The second-order valence-corrected chi connectivity index (χ2v) is 5.97. The lowest BCUT2D eigenvalue weighted by atomic mass is 9.79. The van der Waals surface area contributed by atoms with E-state index in [2.05, 4.69) is 0 Å². The van der Waals surface area contributed by atoms with Crippen molar-refractivity contribution in [2.45, 2.75) is 38.3 Å². The lowest BCUT2D eigenvalue weighted by Crippen LogP contribution is -2.65. The van der Waals surface area contributed by atoms with Gasteiger partial charge in [0.05, 0.1) is 0 Å². The molecule has 2 unspecified atom stereocenters. The second kappa shape index (κ2) is 3.59. The molecular formula is C15H18N2O2. The molecule has 0 saturated carbocycles. The second-order valence-electron chi connectivity index (χ2n) is 5.97. The first-order chi connectivity index (χ1) is 8.87. The summed E-state index contributed by atoms with van der Waals surface area (Å²) in [5, 5.41) is 0. The van der Waals surface area contributed by atoms with Gasteiger partial charge in [0.2, 0.25) is 11.8 Å². The summed E-state index contributed by atoms with van der Waals surface area (Å²) < 4.78 is 0. The first-order valence-corrected chi connectivity index (χ1v) is 6.56. The Morgan fingerprint density at radius 2 is 1.74 bits per heavy atom. The Hall–Kier alpha value is -1.84. The fraction of sp³-hybridized carbons (Fsp3) is 0.467. The van der Waals surface area contributed by atoms with E-state index in [4.69, 9.17) is 0 Å². The minimum atomic E-state index is -0.418. The average Bonchev–Trinajstić information content (AvgIpc) is 2.63. The van der Waals surface area contributed by atoms with Gasteiger partial charge in [0.25, 0.3) is 0 Å². The van der Waals surface area contributed by atoms with Gasteiger partial charge in [-0.3, -0.25) is 14.5 Å². The number of nitrogens with zero attached hydrogens (tertiary/aromatic N) is 2. The Morgan fingerprint density at radius 3 is 2.42 bits per heavy atom. The zero-order valence-electron chi connectivity index (χ0n) is 11.7. The molecule has 4 heteroatoms. The number of carbonyl (C=O) groups is 2. The number of carbonyl (C=O) groups excluding carboxylic acids is 2. The summed E-state index contributed by atoms with van der Waals surface area (Å²) in [6, 6.07) is 7.00. The topological polar surface area (TPSA) is 40.6 Å². The molecule has 2 atom stereocenters. The van der Waals surface area contributed by atoms with E-state index in [1.165, 1.54) is 0 Å². The monoisotopic (exact) mass is 258 g/mol.